The topological polar surface area (TPSA) is 67.8 Å². The smallest absolute Gasteiger partial charge is 0.220 e. The zero-order valence-corrected chi connectivity index (χ0v) is 13.2. The summed E-state index contributed by atoms with van der Waals surface area (Å²) in [5.41, 5.74) is 3.69. The molecule has 0 radical (unpaired) electrons. The molecule has 24 heavy (non-hydrogen) atoms. The first-order chi connectivity index (χ1) is 11.8. The number of hydrogen-bond acceptors (Lipinski definition) is 4. The van der Waals surface area contributed by atoms with Crippen molar-refractivity contribution in [2.75, 3.05) is 0 Å². The van der Waals surface area contributed by atoms with E-state index in [-0.39, 0.29) is 5.91 Å². The lowest BCUT2D eigenvalue weighted by atomic mass is 10.1. The molecule has 0 aliphatic rings. The molecule has 0 unspecified atom stereocenters. The summed E-state index contributed by atoms with van der Waals surface area (Å²) >= 11 is 0. The molecule has 0 aliphatic heterocycles. The summed E-state index contributed by atoms with van der Waals surface area (Å²) in [6, 6.07) is 13.4. The Morgan fingerprint density at radius 2 is 1.79 bits per heavy atom. The SMILES string of the molecule is O=C(CCc1cccnc1)NCc1ccc(-c2ccccn2)nc1. The van der Waals surface area contributed by atoms with Crippen LogP contribution >= 0.6 is 0 Å². The number of nitrogens with one attached hydrogen (secondary N) is 1. The minimum absolute atomic E-state index is 0.0210. The zero-order chi connectivity index (χ0) is 16.6. The van der Waals surface area contributed by atoms with Crippen LogP contribution in [0.15, 0.2) is 67.3 Å². The van der Waals surface area contributed by atoms with E-state index in [0.29, 0.717) is 19.4 Å². The molecule has 120 valence electrons. The second-order valence-electron chi connectivity index (χ2n) is 5.40. The van der Waals surface area contributed by atoms with E-state index in [4.69, 9.17) is 0 Å². The Morgan fingerprint density at radius 1 is 0.875 bits per heavy atom. The number of nitrogens with zero attached hydrogens (tertiary/aromatic N) is 3. The van der Waals surface area contributed by atoms with Gasteiger partial charge in [-0.1, -0.05) is 18.2 Å². The number of aromatic nitrogens is 3. The first-order valence-electron chi connectivity index (χ1n) is 7.83. The molecule has 0 saturated heterocycles. The number of rotatable bonds is 6. The third-order valence-electron chi connectivity index (χ3n) is 3.61. The maximum Gasteiger partial charge on any atom is 0.220 e. The summed E-state index contributed by atoms with van der Waals surface area (Å²) in [7, 11) is 0. The van der Waals surface area contributed by atoms with Crippen LogP contribution in [-0.2, 0) is 17.8 Å². The van der Waals surface area contributed by atoms with Gasteiger partial charge in [0.05, 0.1) is 11.4 Å². The quantitative estimate of drug-likeness (QED) is 0.759. The average Bonchev–Trinajstić information content (AvgIpc) is 2.67. The van der Waals surface area contributed by atoms with Crippen molar-refractivity contribution in [3.63, 3.8) is 0 Å². The highest BCUT2D eigenvalue weighted by atomic mass is 16.1. The van der Waals surface area contributed by atoms with Crippen LogP contribution in [0.5, 0.6) is 0 Å². The van der Waals surface area contributed by atoms with Crippen molar-refractivity contribution < 1.29 is 4.79 Å². The molecular formula is C19H18N4O. The molecule has 3 aromatic heterocycles. The van der Waals surface area contributed by atoms with Gasteiger partial charge in [0.15, 0.2) is 0 Å². The van der Waals surface area contributed by atoms with Crippen LogP contribution < -0.4 is 5.32 Å². The fourth-order valence-electron chi connectivity index (χ4n) is 2.29. The van der Waals surface area contributed by atoms with E-state index in [1.165, 1.54) is 0 Å². The molecule has 1 N–H and O–H groups in total. The number of carbonyl (C=O) groups excluding carboxylic acids is 1. The monoisotopic (exact) mass is 318 g/mol. The van der Waals surface area contributed by atoms with Gasteiger partial charge in [0.2, 0.25) is 5.91 Å². The lowest BCUT2D eigenvalue weighted by Gasteiger charge is -2.06. The van der Waals surface area contributed by atoms with Crippen LogP contribution in [0.1, 0.15) is 17.5 Å². The Kier molecular flexibility index (Phi) is 5.24. The Balaban J connectivity index is 1.49. The van der Waals surface area contributed by atoms with Crippen molar-refractivity contribution in [1.82, 2.24) is 20.3 Å². The first kappa shape index (κ1) is 15.8. The van der Waals surface area contributed by atoms with Gasteiger partial charge in [0, 0.05) is 37.8 Å². The fourth-order valence-corrected chi connectivity index (χ4v) is 2.29. The second kappa shape index (κ2) is 7.97. The lowest BCUT2D eigenvalue weighted by molar-refractivity contribution is -0.121. The van der Waals surface area contributed by atoms with Gasteiger partial charge in [-0.05, 0) is 41.8 Å². The van der Waals surface area contributed by atoms with E-state index >= 15 is 0 Å². The van der Waals surface area contributed by atoms with Crippen LogP contribution in [-0.4, -0.2) is 20.9 Å². The largest absolute Gasteiger partial charge is 0.352 e. The normalized spacial score (nSPS) is 10.3. The number of carbonyl (C=O) groups is 1. The highest BCUT2D eigenvalue weighted by Crippen LogP contribution is 2.13. The van der Waals surface area contributed by atoms with Crippen molar-refractivity contribution in [1.29, 1.82) is 0 Å². The highest BCUT2D eigenvalue weighted by molar-refractivity contribution is 5.76. The van der Waals surface area contributed by atoms with E-state index in [2.05, 4.69) is 20.3 Å². The van der Waals surface area contributed by atoms with E-state index in [1.54, 1.807) is 24.8 Å². The molecule has 5 nitrogen and oxygen atoms in total. The van der Waals surface area contributed by atoms with Crippen molar-refractivity contribution in [3.05, 3.63) is 78.4 Å². The van der Waals surface area contributed by atoms with Crippen LogP contribution in [0, 0.1) is 0 Å². The van der Waals surface area contributed by atoms with Crippen LogP contribution in [0.2, 0.25) is 0 Å². The zero-order valence-electron chi connectivity index (χ0n) is 13.2. The molecule has 0 spiro atoms. The maximum absolute atomic E-state index is 11.9. The summed E-state index contributed by atoms with van der Waals surface area (Å²) in [4.78, 5) is 24.6. The standard InChI is InChI=1S/C19H18N4O/c24-19(9-7-15-4-3-10-20-12-15)23-14-16-6-8-18(22-13-16)17-5-1-2-11-21-17/h1-6,8,10-13H,7,9,14H2,(H,23,24). The van der Waals surface area contributed by atoms with Gasteiger partial charge in [-0.25, -0.2) is 0 Å². The minimum Gasteiger partial charge on any atom is -0.352 e. The van der Waals surface area contributed by atoms with Gasteiger partial charge in [0.1, 0.15) is 0 Å². The Hall–Kier alpha value is -3.08. The summed E-state index contributed by atoms with van der Waals surface area (Å²) in [6.07, 6.45) is 8.17. The summed E-state index contributed by atoms with van der Waals surface area (Å²) < 4.78 is 0. The molecule has 3 heterocycles. The molecule has 0 bridgehead atoms. The van der Waals surface area contributed by atoms with Crippen molar-refractivity contribution in [2.45, 2.75) is 19.4 Å². The molecule has 1 amide bonds. The van der Waals surface area contributed by atoms with E-state index in [9.17, 15) is 4.79 Å². The third-order valence-corrected chi connectivity index (χ3v) is 3.61. The Bertz CT molecular complexity index is 773. The fraction of sp³-hybridized carbons (Fsp3) is 0.158. The summed E-state index contributed by atoms with van der Waals surface area (Å²) in [5.74, 6) is 0.0210. The minimum atomic E-state index is 0.0210. The number of hydrogen-bond donors (Lipinski definition) is 1. The Morgan fingerprint density at radius 3 is 2.50 bits per heavy atom. The second-order valence-corrected chi connectivity index (χ2v) is 5.40. The highest BCUT2D eigenvalue weighted by Gasteiger charge is 2.04. The molecule has 0 aromatic carbocycles. The van der Waals surface area contributed by atoms with Gasteiger partial charge in [-0.15, -0.1) is 0 Å². The van der Waals surface area contributed by atoms with Gasteiger partial charge in [-0.2, -0.15) is 0 Å². The predicted octanol–water partition coefficient (Wildman–Crippen LogP) is 2.79. The molecule has 0 atom stereocenters. The van der Waals surface area contributed by atoms with Crippen molar-refractivity contribution >= 4 is 5.91 Å². The van der Waals surface area contributed by atoms with Gasteiger partial charge in [0.25, 0.3) is 0 Å². The van der Waals surface area contributed by atoms with Crippen LogP contribution in [0.3, 0.4) is 0 Å². The molecule has 0 aliphatic carbocycles. The first-order valence-corrected chi connectivity index (χ1v) is 7.83. The number of pyridine rings is 3. The maximum atomic E-state index is 11.9. The van der Waals surface area contributed by atoms with Crippen molar-refractivity contribution in [2.24, 2.45) is 0 Å². The molecule has 5 heteroatoms. The summed E-state index contributed by atoms with van der Waals surface area (Å²) in [6.45, 7) is 0.474. The van der Waals surface area contributed by atoms with Gasteiger partial charge in [-0.3, -0.25) is 19.7 Å². The van der Waals surface area contributed by atoms with Crippen LogP contribution in [0.25, 0.3) is 11.4 Å². The molecule has 0 saturated carbocycles. The predicted molar refractivity (Wildman–Crippen MR) is 91.9 cm³/mol. The average molecular weight is 318 g/mol. The number of aryl methyl sites for hydroxylation is 1. The lowest BCUT2D eigenvalue weighted by Crippen LogP contribution is -2.23. The molecular weight excluding hydrogens is 300 g/mol. The van der Waals surface area contributed by atoms with Gasteiger partial charge < -0.3 is 5.32 Å². The molecule has 0 fully saturated rings. The number of amides is 1. The van der Waals surface area contributed by atoms with E-state index in [1.807, 2.05) is 42.5 Å². The molecule has 3 aromatic rings. The third kappa shape index (κ3) is 4.46. The summed E-state index contributed by atoms with van der Waals surface area (Å²) in [5, 5.41) is 2.91. The van der Waals surface area contributed by atoms with Crippen molar-refractivity contribution in [3.8, 4) is 11.4 Å². The van der Waals surface area contributed by atoms with Crippen LogP contribution in [0.4, 0.5) is 0 Å². The van der Waals surface area contributed by atoms with E-state index < -0.39 is 0 Å². The Labute approximate surface area is 140 Å². The molecule has 3 rings (SSSR count). The van der Waals surface area contributed by atoms with E-state index in [0.717, 1.165) is 22.5 Å². The van der Waals surface area contributed by atoms with Gasteiger partial charge >= 0.3 is 0 Å².